The lowest BCUT2D eigenvalue weighted by Crippen LogP contribution is -2.01. The van der Waals surface area contributed by atoms with E-state index in [-0.39, 0.29) is 5.88 Å². The Morgan fingerprint density at radius 1 is 1.19 bits per heavy atom. The third kappa shape index (κ3) is 3.75. The molecule has 6 nitrogen and oxygen atoms in total. The summed E-state index contributed by atoms with van der Waals surface area (Å²) in [7, 11) is 0. The van der Waals surface area contributed by atoms with Crippen LogP contribution in [-0.2, 0) is 4.79 Å². The number of oxazole rings is 1. The second-order valence-electron chi connectivity index (χ2n) is 4.11. The smallest absolute Gasteiger partial charge is 0.309 e. The third-order valence-corrected chi connectivity index (χ3v) is 2.52. The fourth-order valence-electron chi connectivity index (χ4n) is 1.77. The van der Waals surface area contributed by atoms with Crippen molar-refractivity contribution >= 4 is 5.97 Å². The van der Waals surface area contributed by atoms with Crippen LogP contribution >= 0.6 is 0 Å². The Morgan fingerprint density at radius 3 is 2.57 bits per heavy atom. The highest BCUT2D eigenvalue weighted by atomic mass is 16.5. The molecule has 0 radical (unpaired) electrons. The topological polar surface area (TPSA) is 70.8 Å². The Balaban J connectivity index is 2.28. The van der Waals surface area contributed by atoms with Crippen LogP contribution < -0.4 is 14.2 Å². The Bertz CT molecular complexity index is 620. The first-order valence-electron chi connectivity index (χ1n) is 6.68. The molecule has 0 bridgehead atoms. The van der Waals surface area contributed by atoms with Gasteiger partial charge in [0.2, 0.25) is 5.89 Å². The normalized spacial score (nSPS) is 10.2. The molecular formula is C15H17NO5. The Hall–Kier alpha value is -2.50. The number of carbonyl (C=O) groups is 1. The van der Waals surface area contributed by atoms with Gasteiger partial charge >= 0.3 is 5.97 Å². The fraction of sp³-hybridized carbons (Fsp3) is 0.333. The summed E-state index contributed by atoms with van der Waals surface area (Å²) in [6, 6.07) is 5.37. The highest BCUT2D eigenvalue weighted by Gasteiger charge is 2.13. The van der Waals surface area contributed by atoms with Gasteiger partial charge in [-0.1, -0.05) is 0 Å². The maximum atomic E-state index is 10.9. The minimum absolute atomic E-state index is 0.129. The van der Waals surface area contributed by atoms with E-state index in [1.807, 2.05) is 13.8 Å². The van der Waals surface area contributed by atoms with Crippen LogP contribution in [0.4, 0.5) is 0 Å². The molecule has 0 fully saturated rings. The number of ether oxygens (including phenoxy) is 3. The minimum atomic E-state index is -0.448. The molecule has 21 heavy (non-hydrogen) atoms. The third-order valence-electron chi connectivity index (χ3n) is 2.52. The molecule has 0 saturated carbocycles. The van der Waals surface area contributed by atoms with Crippen molar-refractivity contribution in [3.8, 4) is 28.8 Å². The molecule has 6 heteroatoms. The van der Waals surface area contributed by atoms with Gasteiger partial charge in [0.1, 0.15) is 0 Å². The van der Waals surface area contributed by atoms with Crippen molar-refractivity contribution in [1.82, 2.24) is 4.98 Å². The van der Waals surface area contributed by atoms with Gasteiger partial charge in [0.25, 0.3) is 5.88 Å². The number of carbonyl (C=O) groups excluding carboxylic acids is 1. The Labute approximate surface area is 122 Å². The molecule has 0 aliphatic heterocycles. The van der Waals surface area contributed by atoms with Gasteiger partial charge < -0.3 is 18.6 Å². The van der Waals surface area contributed by atoms with Crippen LogP contribution in [0, 0.1) is 0 Å². The second kappa shape index (κ2) is 6.78. The minimum Gasteiger partial charge on any atom is -0.490 e. The van der Waals surface area contributed by atoms with Crippen LogP contribution in [0.25, 0.3) is 11.5 Å². The fourth-order valence-corrected chi connectivity index (χ4v) is 1.77. The Morgan fingerprint density at radius 2 is 1.90 bits per heavy atom. The molecule has 0 atom stereocenters. The van der Waals surface area contributed by atoms with Crippen LogP contribution in [0.1, 0.15) is 20.8 Å². The average molecular weight is 291 g/mol. The molecule has 0 saturated heterocycles. The van der Waals surface area contributed by atoms with Gasteiger partial charge in [-0.2, -0.15) is 4.98 Å². The van der Waals surface area contributed by atoms with Crippen molar-refractivity contribution in [3.05, 3.63) is 24.5 Å². The summed E-state index contributed by atoms with van der Waals surface area (Å²) in [4.78, 5) is 15.0. The molecule has 0 N–H and O–H groups in total. The lowest BCUT2D eigenvalue weighted by molar-refractivity contribution is -0.132. The van der Waals surface area contributed by atoms with Crippen LogP contribution in [0.2, 0.25) is 0 Å². The summed E-state index contributed by atoms with van der Waals surface area (Å²) in [5, 5.41) is 0. The van der Waals surface area contributed by atoms with Crippen molar-refractivity contribution < 1.29 is 23.4 Å². The van der Waals surface area contributed by atoms with E-state index in [1.54, 1.807) is 18.2 Å². The molecule has 112 valence electrons. The number of hydrogen-bond acceptors (Lipinski definition) is 6. The number of benzene rings is 1. The summed E-state index contributed by atoms with van der Waals surface area (Å²) < 4.78 is 21.2. The molecule has 0 spiro atoms. The van der Waals surface area contributed by atoms with Crippen LogP contribution in [0.15, 0.2) is 28.9 Å². The molecule has 1 aromatic carbocycles. The largest absolute Gasteiger partial charge is 0.490 e. The molecule has 1 aromatic heterocycles. The number of nitrogens with zero attached hydrogens (tertiary/aromatic N) is 1. The SMILES string of the molecule is CCOc1ccc(-c2nc(OC(C)=O)co2)cc1OCC. The van der Waals surface area contributed by atoms with Gasteiger partial charge in [0.05, 0.1) is 13.2 Å². The molecule has 2 aromatic rings. The Kier molecular flexibility index (Phi) is 4.81. The second-order valence-corrected chi connectivity index (χ2v) is 4.11. The van der Waals surface area contributed by atoms with Gasteiger partial charge in [-0.05, 0) is 32.0 Å². The van der Waals surface area contributed by atoms with Crippen molar-refractivity contribution in [1.29, 1.82) is 0 Å². The lowest BCUT2D eigenvalue weighted by Gasteiger charge is -2.11. The molecule has 0 amide bonds. The molecule has 1 heterocycles. The van der Waals surface area contributed by atoms with Gasteiger partial charge in [0.15, 0.2) is 17.8 Å². The summed E-state index contributed by atoms with van der Waals surface area (Å²) in [6.07, 6.45) is 1.29. The van der Waals surface area contributed by atoms with Crippen molar-refractivity contribution in [3.63, 3.8) is 0 Å². The molecule has 0 unspecified atom stereocenters. The van der Waals surface area contributed by atoms with Crippen molar-refractivity contribution in [2.24, 2.45) is 0 Å². The standard InChI is InChI=1S/C15H17NO5/c1-4-18-12-7-6-11(8-13(12)19-5-2)15-16-14(9-20-15)21-10(3)17/h6-9H,4-5H2,1-3H3. The van der Waals surface area contributed by atoms with E-state index in [0.29, 0.717) is 36.2 Å². The molecule has 0 aliphatic carbocycles. The monoisotopic (exact) mass is 291 g/mol. The van der Waals surface area contributed by atoms with Gasteiger partial charge in [-0.3, -0.25) is 4.79 Å². The predicted octanol–water partition coefficient (Wildman–Crippen LogP) is 3.06. The quantitative estimate of drug-likeness (QED) is 0.762. The highest BCUT2D eigenvalue weighted by Crippen LogP contribution is 2.33. The van der Waals surface area contributed by atoms with Gasteiger partial charge in [0, 0.05) is 12.5 Å². The maximum absolute atomic E-state index is 10.9. The first-order chi connectivity index (χ1) is 10.1. The number of hydrogen-bond donors (Lipinski definition) is 0. The van der Waals surface area contributed by atoms with Gasteiger partial charge in [-0.25, -0.2) is 0 Å². The van der Waals surface area contributed by atoms with Gasteiger partial charge in [-0.15, -0.1) is 0 Å². The van der Waals surface area contributed by atoms with Crippen molar-refractivity contribution in [2.45, 2.75) is 20.8 Å². The first-order valence-corrected chi connectivity index (χ1v) is 6.68. The first kappa shape index (κ1) is 14.9. The zero-order valence-corrected chi connectivity index (χ0v) is 12.2. The molecule has 2 rings (SSSR count). The molecular weight excluding hydrogens is 274 g/mol. The van der Waals surface area contributed by atoms with E-state index in [0.717, 1.165) is 0 Å². The van der Waals surface area contributed by atoms with E-state index < -0.39 is 5.97 Å². The summed E-state index contributed by atoms with van der Waals surface area (Å²) >= 11 is 0. The maximum Gasteiger partial charge on any atom is 0.309 e. The van der Waals surface area contributed by atoms with Crippen molar-refractivity contribution in [2.75, 3.05) is 13.2 Å². The van der Waals surface area contributed by atoms with Crippen LogP contribution in [-0.4, -0.2) is 24.2 Å². The van der Waals surface area contributed by atoms with Crippen LogP contribution in [0.5, 0.6) is 17.4 Å². The molecule has 0 aliphatic rings. The zero-order valence-electron chi connectivity index (χ0n) is 12.2. The van der Waals surface area contributed by atoms with Crippen LogP contribution in [0.3, 0.4) is 0 Å². The van der Waals surface area contributed by atoms with E-state index in [9.17, 15) is 4.79 Å². The van der Waals surface area contributed by atoms with E-state index in [1.165, 1.54) is 13.2 Å². The number of esters is 1. The summed E-state index contributed by atoms with van der Waals surface area (Å²) in [5.41, 5.74) is 0.709. The zero-order chi connectivity index (χ0) is 15.2. The van der Waals surface area contributed by atoms with E-state index in [4.69, 9.17) is 18.6 Å². The average Bonchev–Trinajstić information content (AvgIpc) is 2.89. The summed E-state index contributed by atoms with van der Waals surface area (Å²) in [5.74, 6) is 1.30. The number of rotatable bonds is 6. The summed E-state index contributed by atoms with van der Waals surface area (Å²) in [6.45, 7) is 6.18. The highest BCUT2D eigenvalue weighted by molar-refractivity contribution is 5.69. The lowest BCUT2D eigenvalue weighted by atomic mass is 10.2. The van der Waals surface area contributed by atoms with E-state index >= 15 is 0 Å². The predicted molar refractivity (Wildman–Crippen MR) is 75.6 cm³/mol. The number of aromatic nitrogens is 1. The van der Waals surface area contributed by atoms with E-state index in [2.05, 4.69) is 4.98 Å².